The molecule has 2 fully saturated rings. The molecule has 0 heterocycles. The van der Waals surface area contributed by atoms with Crippen LogP contribution >= 0.6 is 0 Å². The van der Waals surface area contributed by atoms with Crippen molar-refractivity contribution in [2.24, 2.45) is 16.8 Å². The van der Waals surface area contributed by atoms with Crippen LogP contribution in [0.25, 0.3) is 0 Å². The topological polar surface area (TPSA) is 53.6 Å². The largest absolute Gasteiger partial charge is 0.342 e. The SMILES string of the molecule is CCC1CCC(N(C)C(=NC2CC2)NN)CC1. The Morgan fingerprint density at radius 3 is 2.35 bits per heavy atom. The second kappa shape index (κ2) is 5.71. The predicted molar refractivity (Wildman–Crippen MR) is 71.6 cm³/mol. The van der Waals surface area contributed by atoms with Gasteiger partial charge in [0, 0.05) is 13.1 Å². The molecule has 4 heteroatoms. The number of hydrogen-bond donors (Lipinski definition) is 2. The number of aliphatic imine (C=N–C) groups is 1. The van der Waals surface area contributed by atoms with Gasteiger partial charge in [0.15, 0.2) is 0 Å². The molecule has 0 aromatic carbocycles. The van der Waals surface area contributed by atoms with E-state index in [-0.39, 0.29) is 0 Å². The molecule has 2 aliphatic rings. The quantitative estimate of drug-likeness (QED) is 0.341. The maximum atomic E-state index is 5.59. The fraction of sp³-hybridized carbons (Fsp3) is 0.923. The zero-order valence-corrected chi connectivity index (χ0v) is 11.2. The van der Waals surface area contributed by atoms with Gasteiger partial charge in [-0.15, -0.1) is 0 Å². The van der Waals surface area contributed by atoms with Gasteiger partial charge in [0.05, 0.1) is 6.04 Å². The Morgan fingerprint density at radius 2 is 1.88 bits per heavy atom. The van der Waals surface area contributed by atoms with Crippen LogP contribution in [0.1, 0.15) is 51.9 Å². The molecule has 4 nitrogen and oxygen atoms in total. The zero-order chi connectivity index (χ0) is 12.3. The van der Waals surface area contributed by atoms with E-state index in [2.05, 4.69) is 29.3 Å². The highest BCUT2D eigenvalue weighted by molar-refractivity contribution is 5.79. The number of nitrogens with two attached hydrogens (primary N) is 1. The molecule has 0 bridgehead atoms. The van der Waals surface area contributed by atoms with Crippen LogP contribution in [-0.2, 0) is 0 Å². The minimum Gasteiger partial charge on any atom is -0.342 e. The van der Waals surface area contributed by atoms with E-state index < -0.39 is 0 Å². The van der Waals surface area contributed by atoms with E-state index in [1.807, 2.05) is 0 Å². The van der Waals surface area contributed by atoms with Gasteiger partial charge in [-0.25, -0.2) is 10.8 Å². The molecule has 0 saturated heterocycles. The normalized spacial score (nSPS) is 30.2. The lowest BCUT2D eigenvalue weighted by molar-refractivity contribution is 0.222. The van der Waals surface area contributed by atoms with E-state index in [0.717, 1.165) is 11.9 Å². The first kappa shape index (κ1) is 12.7. The Hall–Kier alpha value is -0.770. The number of nitrogens with zero attached hydrogens (tertiary/aromatic N) is 2. The molecule has 0 spiro atoms. The van der Waals surface area contributed by atoms with Crippen molar-refractivity contribution in [2.45, 2.75) is 64.0 Å². The Kier molecular flexibility index (Phi) is 4.26. The van der Waals surface area contributed by atoms with Crippen LogP contribution in [-0.4, -0.2) is 30.0 Å². The van der Waals surface area contributed by atoms with Crippen LogP contribution in [0.2, 0.25) is 0 Å². The number of hydrazine groups is 1. The molecule has 0 aliphatic heterocycles. The number of rotatable bonds is 3. The highest BCUT2D eigenvalue weighted by Gasteiger charge is 2.27. The van der Waals surface area contributed by atoms with E-state index in [9.17, 15) is 0 Å². The van der Waals surface area contributed by atoms with Crippen LogP contribution in [0.3, 0.4) is 0 Å². The van der Waals surface area contributed by atoms with Crippen molar-refractivity contribution >= 4 is 5.96 Å². The molecule has 17 heavy (non-hydrogen) atoms. The summed E-state index contributed by atoms with van der Waals surface area (Å²) in [4.78, 5) is 6.88. The Bertz CT molecular complexity index is 265. The van der Waals surface area contributed by atoms with Crippen LogP contribution in [0.4, 0.5) is 0 Å². The summed E-state index contributed by atoms with van der Waals surface area (Å²) in [6, 6.07) is 1.14. The molecule has 0 aromatic heterocycles. The molecule has 2 rings (SSSR count). The third-order valence-corrected chi connectivity index (χ3v) is 4.26. The lowest BCUT2D eigenvalue weighted by atomic mass is 9.84. The van der Waals surface area contributed by atoms with Gasteiger partial charge < -0.3 is 4.90 Å². The third-order valence-electron chi connectivity index (χ3n) is 4.26. The fourth-order valence-electron chi connectivity index (χ4n) is 2.72. The summed E-state index contributed by atoms with van der Waals surface area (Å²) in [5.74, 6) is 7.41. The number of nitrogens with one attached hydrogen (secondary N) is 1. The smallest absolute Gasteiger partial charge is 0.208 e. The van der Waals surface area contributed by atoms with Gasteiger partial charge in [-0.3, -0.25) is 5.43 Å². The fourth-order valence-corrected chi connectivity index (χ4v) is 2.72. The summed E-state index contributed by atoms with van der Waals surface area (Å²) in [6.07, 6.45) is 9.04. The maximum absolute atomic E-state index is 5.59. The summed E-state index contributed by atoms with van der Waals surface area (Å²) < 4.78 is 0. The molecule has 0 amide bonds. The van der Waals surface area contributed by atoms with Crippen molar-refractivity contribution in [3.63, 3.8) is 0 Å². The minimum atomic E-state index is 0.524. The first-order chi connectivity index (χ1) is 8.24. The van der Waals surface area contributed by atoms with Gasteiger partial charge >= 0.3 is 0 Å². The summed E-state index contributed by atoms with van der Waals surface area (Å²) in [5.41, 5.74) is 2.77. The molecule has 2 aliphatic carbocycles. The zero-order valence-electron chi connectivity index (χ0n) is 11.2. The molecule has 98 valence electrons. The molecule has 3 N–H and O–H groups in total. The molecular weight excluding hydrogens is 212 g/mol. The minimum absolute atomic E-state index is 0.524. The lowest BCUT2D eigenvalue weighted by Crippen LogP contribution is -2.48. The van der Waals surface area contributed by atoms with E-state index in [0.29, 0.717) is 12.1 Å². The molecule has 0 unspecified atom stereocenters. The highest BCUT2D eigenvalue weighted by atomic mass is 15.4. The highest BCUT2D eigenvalue weighted by Crippen LogP contribution is 2.29. The molecule has 0 aromatic rings. The number of guanidine groups is 1. The molecule has 0 atom stereocenters. The van der Waals surface area contributed by atoms with Gasteiger partial charge in [-0.2, -0.15) is 0 Å². The summed E-state index contributed by atoms with van der Waals surface area (Å²) in [7, 11) is 2.12. The first-order valence-electron chi connectivity index (χ1n) is 7.01. The summed E-state index contributed by atoms with van der Waals surface area (Å²) in [6.45, 7) is 2.30. The van der Waals surface area contributed by atoms with Crippen molar-refractivity contribution in [1.29, 1.82) is 0 Å². The van der Waals surface area contributed by atoms with Crippen molar-refractivity contribution in [2.75, 3.05) is 7.05 Å². The van der Waals surface area contributed by atoms with Gasteiger partial charge in [-0.05, 0) is 44.4 Å². The van der Waals surface area contributed by atoms with E-state index >= 15 is 0 Å². The third kappa shape index (κ3) is 3.35. The average Bonchev–Trinajstić information content (AvgIpc) is 3.19. The van der Waals surface area contributed by atoms with E-state index in [1.165, 1.54) is 44.9 Å². The molecule has 2 saturated carbocycles. The van der Waals surface area contributed by atoms with E-state index in [4.69, 9.17) is 5.84 Å². The lowest BCUT2D eigenvalue weighted by Gasteiger charge is -2.35. The first-order valence-corrected chi connectivity index (χ1v) is 7.01. The van der Waals surface area contributed by atoms with Gasteiger partial charge in [0.25, 0.3) is 0 Å². The van der Waals surface area contributed by atoms with Crippen molar-refractivity contribution in [1.82, 2.24) is 10.3 Å². The Morgan fingerprint density at radius 1 is 1.24 bits per heavy atom. The summed E-state index contributed by atoms with van der Waals surface area (Å²) in [5, 5.41) is 0. The second-order valence-electron chi connectivity index (χ2n) is 5.52. The summed E-state index contributed by atoms with van der Waals surface area (Å²) >= 11 is 0. The van der Waals surface area contributed by atoms with Crippen molar-refractivity contribution in [3.05, 3.63) is 0 Å². The average molecular weight is 238 g/mol. The van der Waals surface area contributed by atoms with Crippen LogP contribution in [0, 0.1) is 5.92 Å². The van der Waals surface area contributed by atoms with Gasteiger partial charge in [0.1, 0.15) is 0 Å². The molecular formula is C13H26N4. The Balaban J connectivity index is 1.88. The Labute approximate surface area is 105 Å². The monoisotopic (exact) mass is 238 g/mol. The maximum Gasteiger partial charge on any atom is 0.208 e. The second-order valence-corrected chi connectivity index (χ2v) is 5.52. The van der Waals surface area contributed by atoms with Crippen LogP contribution in [0.5, 0.6) is 0 Å². The van der Waals surface area contributed by atoms with E-state index in [1.54, 1.807) is 0 Å². The standard InChI is InChI=1S/C13H26N4/c1-3-10-4-8-12(9-5-10)17(2)13(16-14)15-11-6-7-11/h10-12H,3-9,14H2,1-2H3,(H,15,16). The van der Waals surface area contributed by atoms with Crippen LogP contribution < -0.4 is 11.3 Å². The van der Waals surface area contributed by atoms with Crippen molar-refractivity contribution < 1.29 is 0 Å². The molecule has 0 radical (unpaired) electrons. The predicted octanol–water partition coefficient (Wildman–Crippen LogP) is 1.87. The van der Waals surface area contributed by atoms with Crippen LogP contribution in [0.15, 0.2) is 4.99 Å². The van der Waals surface area contributed by atoms with Gasteiger partial charge in [-0.1, -0.05) is 13.3 Å². The van der Waals surface area contributed by atoms with Crippen molar-refractivity contribution in [3.8, 4) is 0 Å². The van der Waals surface area contributed by atoms with Gasteiger partial charge in [0.2, 0.25) is 5.96 Å². The number of hydrogen-bond acceptors (Lipinski definition) is 2.